The second-order valence-corrected chi connectivity index (χ2v) is 5.34. The predicted molar refractivity (Wildman–Crippen MR) is 59.4 cm³/mol. The molecule has 1 aliphatic rings. The van der Waals surface area contributed by atoms with E-state index in [-0.39, 0.29) is 18.6 Å². The van der Waals surface area contributed by atoms with Gasteiger partial charge < -0.3 is 0 Å². The van der Waals surface area contributed by atoms with Crippen LogP contribution in [0.15, 0.2) is 0 Å². The Morgan fingerprint density at radius 2 is 1.73 bits per heavy atom. The summed E-state index contributed by atoms with van der Waals surface area (Å²) in [6.45, 7) is 6.24. The van der Waals surface area contributed by atoms with Crippen molar-refractivity contribution in [2.24, 2.45) is 0 Å². The highest BCUT2D eigenvalue weighted by atomic mass is 19.3. The molecule has 0 aromatic heterocycles. The molecule has 0 aliphatic carbocycles. The molecule has 3 heteroatoms. The van der Waals surface area contributed by atoms with Gasteiger partial charge in [0.2, 0.25) is 0 Å². The van der Waals surface area contributed by atoms with Gasteiger partial charge in [-0.3, -0.25) is 4.90 Å². The number of unbranched alkanes of at least 4 members (excludes halogenated alkanes) is 3. The number of rotatable bonds is 6. The van der Waals surface area contributed by atoms with E-state index in [0.717, 1.165) is 12.8 Å². The average Bonchev–Trinajstić information content (AvgIpc) is 2.08. The van der Waals surface area contributed by atoms with Crippen LogP contribution in [0.3, 0.4) is 0 Å². The number of hydrogen-bond donors (Lipinski definition) is 0. The lowest BCUT2D eigenvalue weighted by Crippen LogP contribution is -2.63. The van der Waals surface area contributed by atoms with Crippen molar-refractivity contribution in [3.8, 4) is 0 Å². The van der Waals surface area contributed by atoms with Crippen LogP contribution in [0, 0.1) is 0 Å². The molecule has 1 heterocycles. The number of alkyl halides is 2. The molecule has 0 spiro atoms. The fourth-order valence-corrected chi connectivity index (χ4v) is 2.08. The van der Waals surface area contributed by atoms with Crippen molar-refractivity contribution in [1.29, 1.82) is 0 Å². The van der Waals surface area contributed by atoms with Gasteiger partial charge in [0.1, 0.15) is 0 Å². The Kier molecular flexibility index (Phi) is 4.10. The first-order valence-electron chi connectivity index (χ1n) is 6.00. The molecule has 0 aromatic carbocycles. The van der Waals surface area contributed by atoms with Gasteiger partial charge in [-0.1, -0.05) is 32.6 Å². The molecule has 15 heavy (non-hydrogen) atoms. The summed E-state index contributed by atoms with van der Waals surface area (Å²) in [4.78, 5) is 1.90. The van der Waals surface area contributed by atoms with E-state index < -0.39 is 5.92 Å². The van der Waals surface area contributed by atoms with E-state index in [0.29, 0.717) is 0 Å². The largest absolute Gasteiger partial charge is 0.286 e. The van der Waals surface area contributed by atoms with E-state index in [1.165, 1.54) is 19.3 Å². The van der Waals surface area contributed by atoms with Crippen LogP contribution in [0.1, 0.15) is 52.9 Å². The summed E-state index contributed by atoms with van der Waals surface area (Å²) in [5.41, 5.74) is -0.0462. The van der Waals surface area contributed by atoms with Crippen LogP contribution in [-0.4, -0.2) is 29.5 Å². The smallest absolute Gasteiger partial charge is 0.272 e. The van der Waals surface area contributed by atoms with Crippen molar-refractivity contribution < 1.29 is 8.78 Å². The monoisotopic (exact) mass is 219 g/mol. The highest BCUT2D eigenvalue weighted by Gasteiger charge is 2.48. The number of nitrogens with zero attached hydrogens (tertiary/aromatic N) is 1. The van der Waals surface area contributed by atoms with Crippen LogP contribution >= 0.6 is 0 Å². The number of likely N-dealkylation sites (tertiary alicyclic amines) is 1. The summed E-state index contributed by atoms with van der Waals surface area (Å²) in [5, 5.41) is 0. The maximum absolute atomic E-state index is 12.7. The molecule has 0 aromatic rings. The lowest BCUT2D eigenvalue weighted by atomic mass is 9.90. The van der Waals surface area contributed by atoms with Gasteiger partial charge in [0, 0.05) is 5.54 Å². The van der Waals surface area contributed by atoms with E-state index in [4.69, 9.17) is 0 Å². The van der Waals surface area contributed by atoms with Crippen LogP contribution in [0.5, 0.6) is 0 Å². The number of hydrogen-bond acceptors (Lipinski definition) is 1. The Balaban J connectivity index is 2.21. The minimum absolute atomic E-state index is 0.0462. The molecule has 0 unspecified atom stereocenters. The van der Waals surface area contributed by atoms with Crippen LogP contribution < -0.4 is 0 Å². The third kappa shape index (κ3) is 3.71. The van der Waals surface area contributed by atoms with E-state index >= 15 is 0 Å². The molecule has 1 fully saturated rings. The van der Waals surface area contributed by atoms with Crippen molar-refractivity contribution in [2.45, 2.75) is 64.3 Å². The zero-order valence-electron chi connectivity index (χ0n) is 10.2. The third-order valence-electron chi connectivity index (χ3n) is 3.34. The van der Waals surface area contributed by atoms with Gasteiger partial charge in [-0.25, -0.2) is 8.78 Å². The highest BCUT2D eigenvalue weighted by Crippen LogP contribution is 2.35. The van der Waals surface area contributed by atoms with Crippen molar-refractivity contribution >= 4 is 0 Å². The Bertz CT molecular complexity index is 194. The first-order chi connectivity index (χ1) is 6.87. The quantitative estimate of drug-likeness (QED) is 0.616. The summed E-state index contributed by atoms with van der Waals surface area (Å²) in [7, 11) is 0. The Morgan fingerprint density at radius 3 is 2.20 bits per heavy atom. The number of halogens is 2. The minimum Gasteiger partial charge on any atom is -0.286 e. The first kappa shape index (κ1) is 12.9. The molecule has 0 radical (unpaired) electrons. The summed E-state index contributed by atoms with van der Waals surface area (Å²) in [5.74, 6) is -2.43. The highest BCUT2D eigenvalue weighted by molar-refractivity contribution is 4.95. The van der Waals surface area contributed by atoms with Gasteiger partial charge in [0.15, 0.2) is 0 Å². The van der Waals surface area contributed by atoms with Gasteiger partial charge in [-0.15, -0.1) is 0 Å². The van der Waals surface area contributed by atoms with E-state index in [1.54, 1.807) is 0 Å². The van der Waals surface area contributed by atoms with Crippen LogP contribution in [0.4, 0.5) is 8.78 Å². The Morgan fingerprint density at radius 1 is 1.13 bits per heavy atom. The summed E-state index contributed by atoms with van der Waals surface area (Å²) in [6.07, 6.45) is 5.89. The lowest BCUT2D eigenvalue weighted by molar-refractivity contribution is -0.165. The van der Waals surface area contributed by atoms with Crippen LogP contribution in [-0.2, 0) is 0 Å². The molecule has 0 atom stereocenters. The predicted octanol–water partition coefficient (Wildman–Crippen LogP) is 3.69. The summed E-state index contributed by atoms with van der Waals surface area (Å²) >= 11 is 0. The molecule has 1 aliphatic heterocycles. The van der Waals surface area contributed by atoms with E-state index in [2.05, 4.69) is 20.8 Å². The molecule has 1 saturated heterocycles. The molecule has 0 amide bonds. The fraction of sp³-hybridized carbons (Fsp3) is 1.00. The maximum Gasteiger partial charge on any atom is 0.272 e. The standard InChI is InChI=1S/C12H23F2N/c1-4-5-6-7-8-11(2,3)15-9-12(13,14)10-15/h4-10H2,1-3H3. The summed E-state index contributed by atoms with van der Waals surface area (Å²) < 4.78 is 25.4. The van der Waals surface area contributed by atoms with Gasteiger partial charge in [0.25, 0.3) is 5.92 Å². The van der Waals surface area contributed by atoms with E-state index in [9.17, 15) is 8.78 Å². The minimum atomic E-state index is -2.43. The summed E-state index contributed by atoms with van der Waals surface area (Å²) in [6, 6.07) is 0. The Labute approximate surface area is 91.8 Å². The molecular weight excluding hydrogens is 196 g/mol. The van der Waals surface area contributed by atoms with Crippen molar-refractivity contribution in [3.05, 3.63) is 0 Å². The zero-order chi connectivity index (χ0) is 11.5. The zero-order valence-corrected chi connectivity index (χ0v) is 10.2. The molecule has 0 bridgehead atoms. The fourth-order valence-electron chi connectivity index (χ4n) is 2.08. The molecule has 90 valence electrons. The van der Waals surface area contributed by atoms with Gasteiger partial charge in [-0.05, 0) is 20.3 Å². The Hall–Kier alpha value is -0.180. The average molecular weight is 219 g/mol. The van der Waals surface area contributed by atoms with Gasteiger partial charge in [-0.2, -0.15) is 0 Å². The van der Waals surface area contributed by atoms with Crippen LogP contribution in [0.2, 0.25) is 0 Å². The second-order valence-electron chi connectivity index (χ2n) is 5.34. The molecular formula is C12H23F2N. The van der Waals surface area contributed by atoms with Crippen molar-refractivity contribution in [1.82, 2.24) is 4.90 Å². The van der Waals surface area contributed by atoms with Gasteiger partial charge in [0.05, 0.1) is 13.1 Å². The topological polar surface area (TPSA) is 3.24 Å². The van der Waals surface area contributed by atoms with E-state index in [1.807, 2.05) is 4.90 Å². The van der Waals surface area contributed by atoms with Gasteiger partial charge >= 0.3 is 0 Å². The normalized spacial score (nSPS) is 21.4. The van der Waals surface area contributed by atoms with Crippen LogP contribution in [0.25, 0.3) is 0 Å². The molecule has 0 saturated carbocycles. The third-order valence-corrected chi connectivity index (χ3v) is 3.34. The second kappa shape index (κ2) is 4.77. The van der Waals surface area contributed by atoms with Crippen molar-refractivity contribution in [3.63, 3.8) is 0 Å². The molecule has 1 rings (SSSR count). The first-order valence-corrected chi connectivity index (χ1v) is 6.00. The molecule has 1 nitrogen and oxygen atoms in total. The SMILES string of the molecule is CCCCCCC(C)(C)N1CC(F)(F)C1. The molecule has 0 N–H and O–H groups in total. The van der Waals surface area contributed by atoms with Crippen molar-refractivity contribution in [2.75, 3.05) is 13.1 Å². The maximum atomic E-state index is 12.7. The lowest BCUT2D eigenvalue weighted by Gasteiger charge is -2.49.